The third-order valence-electron chi connectivity index (χ3n) is 6.23. The normalized spacial score (nSPS) is 17.2. The van der Waals surface area contributed by atoms with Crippen molar-refractivity contribution in [2.24, 2.45) is 0 Å². The number of aromatic nitrogens is 3. The summed E-state index contributed by atoms with van der Waals surface area (Å²) in [7, 11) is 0. The number of rotatable bonds is 7. The fraction of sp³-hybridized carbons (Fsp3) is 0.148. The molecule has 3 heterocycles. The van der Waals surface area contributed by atoms with Gasteiger partial charge in [-0.3, -0.25) is 24.7 Å². The number of pyridine rings is 1. The molecule has 0 bridgehead atoms. The molecule has 1 atom stereocenters. The molecular weight excluding hydrogens is 456 g/mol. The highest BCUT2D eigenvalue weighted by atomic mass is 16.2. The van der Waals surface area contributed by atoms with Crippen LogP contribution in [0.5, 0.6) is 0 Å². The van der Waals surface area contributed by atoms with Gasteiger partial charge in [-0.05, 0) is 29.7 Å². The maximum absolute atomic E-state index is 13.4. The van der Waals surface area contributed by atoms with Crippen LogP contribution in [0.3, 0.4) is 0 Å². The van der Waals surface area contributed by atoms with Gasteiger partial charge in [-0.25, -0.2) is 4.79 Å². The second-order valence-electron chi connectivity index (χ2n) is 8.45. The lowest BCUT2D eigenvalue weighted by Gasteiger charge is -2.25. The average Bonchev–Trinajstić information content (AvgIpc) is 3.45. The van der Waals surface area contributed by atoms with Crippen molar-refractivity contribution in [3.8, 4) is 11.3 Å². The minimum absolute atomic E-state index is 0.216. The first-order chi connectivity index (χ1) is 17.5. The van der Waals surface area contributed by atoms with Gasteiger partial charge in [-0.1, -0.05) is 67.6 Å². The number of nitrogens with one attached hydrogen (secondary N) is 2. The standard InChI is InChI=1S/C27H24N6O3/c1-2-27(21-13-7-4-8-14-21)25(35)33(26(36)29-27)31-24(34)22-18-32(17-19-10-5-3-6-11-19)30-23(22)20-12-9-15-28-16-20/h3-16,18H,2,17H2,1H3,(H,29,36)(H,31,34). The predicted molar refractivity (Wildman–Crippen MR) is 132 cm³/mol. The van der Waals surface area contributed by atoms with Gasteiger partial charge in [0, 0.05) is 24.2 Å². The van der Waals surface area contributed by atoms with Gasteiger partial charge in [0.1, 0.15) is 11.2 Å². The molecule has 36 heavy (non-hydrogen) atoms. The zero-order valence-corrected chi connectivity index (χ0v) is 19.6. The van der Waals surface area contributed by atoms with E-state index in [1.54, 1.807) is 59.7 Å². The second kappa shape index (κ2) is 9.46. The highest BCUT2D eigenvalue weighted by Crippen LogP contribution is 2.32. The number of hydrogen-bond donors (Lipinski definition) is 2. The Labute approximate surface area is 207 Å². The second-order valence-corrected chi connectivity index (χ2v) is 8.45. The lowest BCUT2D eigenvalue weighted by molar-refractivity contribution is -0.133. The summed E-state index contributed by atoms with van der Waals surface area (Å²) in [6.45, 7) is 2.25. The Morgan fingerprint density at radius 1 is 1.00 bits per heavy atom. The third kappa shape index (κ3) is 4.11. The number of hydrogen-bond acceptors (Lipinski definition) is 5. The minimum atomic E-state index is -1.25. The van der Waals surface area contributed by atoms with E-state index in [4.69, 9.17) is 0 Å². The Hall–Kier alpha value is -4.79. The number of nitrogens with zero attached hydrogens (tertiary/aromatic N) is 4. The summed E-state index contributed by atoms with van der Waals surface area (Å²) in [5.74, 6) is -1.18. The van der Waals surface area contributed by atoms with Crippen LogP contribution in [0.15, 0.2) is 91.4 Å². The van der Waals surface area contributed by atoms with E-state index in [9.17, 15) is 14.4 Å². The summed E-state index contributed by atoms with van der Waals surface area (Å²) >= 11 is 0. The molecule has 0 aliphatic carbocycles. The molecule has 0 radical (unpaired) electrons. The zero-order valence-electron chi connectivity index (χ0n) is 19.6. The van der Waals surface area contributed by atoms with Crippen LogP contribution >= 0.6 is 0 Å². The van der Waals surface area contributed by atoms with Crippen molar-refractivity contribution in [3.05, 3.63) is 108 Å². The van der Waals surface area contributed by atoms with E-state index in [0.717, 1.165) is 10.6 Å². The first-order valence-electron chi connectivity index (χ1n) is 11.6. The Morgan fingerprint density at radius 3 is 2.39 bits per heavy atom. The molecule has 5 rings (SSSR count). The van der Waals surface area contributed by atoms with E-state index in [0.29, 0.717) is 29.8 Å². The molecule has 1 aliphatic heterocycles. The average molecular weight is 481 g/mol. The molecule has 1 aliphatic rings. The van der Waals surface area contributed by atoms with Gasteiger partial charge in [-0.15, -0.1) is 0 Å². The van der Waals surface area contributed by atoms with Gasteiger partial charge in [0.2, 0.25) is 0 Å². The SMILES string of the molecule is CCC1(c2ccccc2)NC(=O)N(NC(=O)c2cn(Cc3ccccc3)nc2-c2cccnc2)C1=O. The van der Waals surface area contributed by atoms with Crippen LogP contribution in [-0.2, 0) is 16.9 Å². The maximum Gasteiger partial charge on any atom is 0.344 e. The summed E-state index contributed by atoms with van der Waals surface area (Å²) in [4.78, 5) is 43.8. The molecule has 2 N–H and O–H groups in total. The molecule has 2 aromatic carbocycles. The van der Waals surface area contributed by atoms with Crippen molar-refractivity contribution in [2.75, 3.05) is 0 Å². The fourth-order valence-electron chi connectivity index (χ4n) is 4.36. The Balaban J connectivity index is 1.46. The Bertz CT molecular complexity index is 1410. The number of benzene rings is 2. The molecule has 0 saturated carbocycles. The maximum atomic E-state index is 13.4. The van der Waals surface area contributed by atoms with Crippen LogP contribution in [0.4, 0.5) is 4.79 Å². The molecule has 1 saturated heterocycles. The molecule has 0 spiro atoms. The first-order valence-corrected chi connectivity index (χ1v) is 11.6. The summed E-state index contributed by atoms with van der Waals surface area (Å²) < 4.78 is 1.65. The number of amides is 4. The van der Waals surface area contributed by atoms with E-state index in [2.05, 4.69) is 20.8 Å². The lowest BCUT2D eigenvalue weighted by Crippen LogP contribution is -2.48. The van der Waals surface area contributed by atoms with E-state index in [1.807, 2.05) is 43.3 Å². The van der Waals surface area contributed by atoms with Crippen LogP contribution < -0.4 is 10.7 Å². The largest absolute Gasteiger partial charge is 0.344 e. The van der Waals surface area contributed by atoms with Crippen molar-refractivity contribution < 1.29 is 14.4 Å². The van der Waals surface area contributed by atoms with Crippen molar-refractivity contribution in [2.45, 2.75) is 25.4 Å². The molecule has 2 aromatic heterocycles. The van der Waals surface area contributed by atoms with Gasteiger partial charge in [0.25, 0.3) is 11.8 Å². The smallest absolute Gasteiger partial charge is 0.318 e. The fourth-order valence-corrected chi connectivity index (χ4v) is 4.36. The van der Waals surface area contributed by atoms with Crippen LogP contribution in [0.25, 0.3) is 11.3 Å². The van der Waals surface area contributed by atoms with Gasteiger partial charge in [-0.2, -0.15) is 10.1 Å². The summed E-state index contributed by atoms with van der Waals surface area (Å²) in [5, 5.41) is 8.13. The molecule has 9 nitrogen and oxygen atoms in total. The number of hydrazine groups is 1. The monoisotopic (exact) mass is 480 g/mol. The van der Waals surface area contributed by atoms with E-state index >= 15 is 0 Å². The number of carbonyl (C=O) groups excluding carboxylic acids is 3. The van der Waals surface area contributed by atoms with Gasteiger partial charge in [0.15, 0.2) is 0 Å². The highest BCUT2D eigenvalue weighted by Gasteiger charge is 2.52. The van der Waals surface area contributed by atoms with Gasteiger partial charge >= 0.3 is 6.03 Å². The number of carbonyl (C=O) groups is 3. The van der Waals surface area contributed by atoms with Crippen molar-refractivity contribution >= 4 is 17.8 Å². The predicted octanol–water partition coefficient (Wildman–Crippen LogP) is 3.50. The van der Waals surface area contributed by atoms with E-state index in [1.165, 1.54) is 0 Å². The van der Waals surface area contributed by atoms with Gasteiger partial charge in [0.05, 0.1) is 12.1 Å². The van der Waals surface area contributed by atoms with E-state index < -0.39 is 23.4 Å². The quantitative estimate of drug-likeness (QED) is 0.394. The molecule has 4 aromatic rings. The van der Waals surface area contributed by atoms with Crippen molar-refractivity contribution in [3.63, 3.8) is 0 Å². The van der Waals surface area contributed by atoms with E-state index in [-0.39, 0.29) is 5.56 Å². The Kier molecular flexibility index (Phi) is 6.03. The molecular formula is C27H24N6O3. The molecule has 180 valence electrons. The van der Waals surface area contributed by atoms with Crippen LogP contribution in [-0.4, -0.2) is 37.6 Å². The summed E-state index contributed by atoms with van der Waals surface area (Å²) in [6, 6.07) is 21.6. The van der Waals surface area contributed by atoms with Crippen LogP contribution in [0, 0.1) is 0 Å². The number of urea groups is 1. The van der Waals surface area contributed by atoms with Crippen molar-refractivity contribution in [1.82, 2.24) is 30.5 Å². The Morgan fingerprint density at radius 2 is 1.72 bits per heavy atom. The topological polar surface area (TPSA) is 109 Å². The number of imide groups is 1. The van der Waals surface area contributed by atoms with Crippen molar-refractivity contribution in [1.29, 1.82) is 0 Å². The van der Waals surface area contributed by atoms with Crippen LogP contribution in [0.2, 0.25) is 0 Å². The minimum Gasteiger partial charge on any atom is -0.318 e. The summed E-state index contributed by atoms with van der Waals surface area (Å²) in [5.41, 5.74) is 4.15. The van der Waals surface area contributed by atoms with Gasteiger partial charge < -0.3 is 5.32 Å². The zero-order chi connectivity index (χ0) is 25.1. The summed E-state index contributed by atoms with van der Waals surface area (Å²) in [6.07, 6.45) is 5.17. The lowest BCUT2D eigenvalue weighted by atomic mass is 9.87. The molecule has 1 fully saturated rings. The van der Waals surface area contributed by atoms with Crippen LogP contribution in [0.1, 0.15) is 34.8 Å². The molecule has 9 heteroatoms. The highest BCUT2D eigenvalue weighted by molar-refractivity contribution is 6.10. The third-order valence-corrected chi connectivity index (χ3v) is 6.23. The molecule has 4 amide bonds. The first kappa shape index (κ1) is 23.0. The molecule has 1 unspecified atom stereocenters.